The van der Waals surface area contributed by atoms with Crippen LogP contribution in [-0.2, 0) is 10.8 Å². The highest BCUT2D eigenvalue weighted by molar-refractivity contribution is 6.30. The molecule has 0 bridgehead atoms. The van der Waals surface area contributed by atoms with Crippen LogP contribution in [0.4, 0.5) is 0 Å². The highest BCUT2D eigenvalue weighted by Gasteiger charge is 2.55. The topological polar surface area (TPSA) is 52.0 Å². The fourth-order valence-electron chi connectivity index (χ4n) is 13.2. The molecule has 9 aromatic carbocycles. The third-order valence-corrected chi connectivity index (χ3v) is 15.0. The van der Waals surface area contributed by atoms with E-state index in [9.17, 15) is 10.5 Å². The molecule has 0 N–H and O–H groups in total. The Bertz CT molecular complexity index is 3630. The highest BCUT2D eigenvalue weighted by atomic mass is 14.9. The molecule has 0 fully saturated rings. The quantitative estimate of drug-likeness (QED) is 0.154. The van der Waals surface area contributed by atoms with Crippen LogP contribution >= 0.6 is 0 Å². The van der Waals surface area contributed by atoms with Crippen molar-refractivity contribution >= 4 is 38.1 Å². The zero-order chi connectivity index (χ0) is 39.9. The minimum atomic E-state index is -0.646. The molecule has 2 aromatic heterocycles. The van der Waals surface area contributed by atoms with Crippen LogP contribution in [0.3, 0.4) is 0 Å². The lowest BCUT2D eigenvalue weighted by Crippen LogP contribution is -2.27. The average Bonchev–Trinajstić information content (AvgIpc) is 4.14. The van der Waals surface area contributed by atoms with Gasteiger partial charge in [0.2, 0.25) is 0 Å². The van der Waals surface area contributed by atoms with Crippen LogP contribution in [0.5, 0.6) is 0 Å². The molecule has 276 valence electrons. The van der Waals surface area contributed by atoms with Crippen LogP contribution in [0.1, 0.15) is 55.6 Å². The molecular weight excluding hydrogens is 739 g/mol. The van der Waals surface area contributed by atoms with Gasteiger partial charge in [0.15, 0.2) is 0 Å². The van der Waals surface area contributed by atoms with Crippen molar-refractivity contribution in [2.45, 2.75) is 10.8 Å². The van der Waals surface area contributed by atoms with Crippen LogP contribution in [0.25, 0.3) is 82.6 Å². The number of nitriles is 2. The van der Waals surface area contributed by atoms with Crippen molar-refractivity contribution in [1.82, 2.24) is 4.40 Å². The van der Waals surface area contributed by atoms with Crippen molar-refractivity contribution in [3.05, 3.63) is 232 Å². The van der Waals surface area contributed by atoms with Crippen molar-refractivity contribution < 1.29 is 0 Å². The number of para-hydroxylation sites is 1. The van der Waals surface area contributed by atoms with Gasteiger partial charge in [-0.05, 0) is 101 Å². The predicted molar refractivity (Wildman–Crippen MR) is 243 cm³/mol. The number of hydrogen-bond donors (Lipinski definition) is 0. The van der Waals surface area contributed by atoms with Crippen LogP contribution in [0.15, 0.2) is 176 Å². The Morgan fingerprint density at radius 3 is 1.02 bits per heavy atom. The van der Waals surface area contributed by atoms with E-state index in [1.807, 2.05) is 0 Å². The minimum absolute atomic E-state index is 0.646. The number of fused-ring (bicyclic) bond motifs is 28. The molecule has 61 heavy (non-hydrogen) atoms. The lowest BCUT2D eigenvalue weighted by molar-refractivity contribution is 0.791. The van der Waals surface area contributed by atoms with Crippen LogP contribution < -0.4 is 0 Å². The maximum atomic E-state index is 11.4. The third-order valence-electron chi connectivity index (χ3n) is 15.0. The smallest absolute Gasteiger partial charge is 0.0996 e. The van der Waals surface area contributed by atoms with Gasteiger partial charge in [0.05, 0.1) is 50.6 Å². The van der Waals surface area contributed by atoms with E-state index in [1.165, 1.54) is 55.6 Å². The first kappa shape index (κ1) is 31.7. The summed E-state index contributed by atoms with van der Waals surface area (Å²) in [5.74, 6) is 0. The van der Waals surface area contributed by atoms with Gasteiger partial charge in [0.1, 0.15) is 0 Å². The monoisotopic (exact) mass is 767 g/mol. The Kier molecular flexibility index (Phi) is 5.45. The van der Waals surface area contributed by atoms with Gasteiger partial charge in [-0.3, -0.25) is 0 Å². The van der Waals surface area contributed by atoms with Gasteiger partial charge in [-0.25, -0.2) is 0 Å². The van der Waals surface area contributed by atoms with Gasteiger partial charge in [0.25, 0.3) is 0 Å². The lowest BCUT2D eigenvalue weighted by atomic mass is 9.69. The maximum Gasteiger partial charge on any atom is 0.0996 e. The standard InChI is InChI=1S/C58H29N3/c59-30-32-28-48-50(52-38-18-5-11-26-46(38)57(54(32)52)42-22-7-1-14-34(42)35-15-2-8-23-43(35)57)40-20-13-21-41-51-49(61(48)56(40)41)29-33(31-60)55-53(51)39-19-6-12-27-47(39)58(55)44-24-9-3-16-36(44)37-17-4-10-25-45(37)58/h1-29H. The summed E-state index contributed by atoms with van der Waals surface area (Å²) in [6.45, 7) is 0. The van der Waals surface area contributed by atoms with E-state index < -0.39 is 10.8 Å². The van der Waals surface area contributed by atoms with Crippen LogP contribution in [-0.4, -0.2) is 4.40 Å². The summed E-state index contributed by atoms with van der Waals surface area (Å²) >= 11 is 0. The second-order valence-electron chi connectivity index (χ2n) is 17.2. The second-order valence-corrected chi connectivity index (χ2v) is 17.2. The summed E-state index contributed by atoms with van der Waals surface area (Å²) in [4.78, 5) is 0. The largest absolute Gasteiger partial charge is 0.308 e. The zero-order valence-electron chi connectivity index (χ0n) is 32.6. The normalized spacial score (nSPS) is 14.8. The van der Waals surface area contributed by atoms with E-state index in [2.05, 4.69) is 192 Å². The van der Waals surface area contributed by atoms with E-state index >= 15 is 0 Å². The molecule has 4 aliphatic rings. The van der Waals surface area contributed by atoms with E-state index in [0.717, 1.165) is 71.5 Å². The molecule has 0 atom stereocenters. The first-order valence-electron chi connectivity index (χ1n) is 21.0. The summed E-state index contributed by atoms with van der Waals surface area (Å²) in [6, 6.07) is 69.3. The molecule has 4 aliphatic carbocycles. The molecule has 2 heterocycles. The lowest BCUT2D eigenvalue weighted by Gasteiger charge is -2.31. The first-order valence-corrected chi connectivity index (χ1v) is 21.0. The molecule has 2 spiro atoms. The summed E-state index contributed by atoms with van der Waals surface area (Å²) < 4.78 is 2.38. The maximum absolute atomic E-state index is 11.4. The number of rotatable bonds is 0. The van der Waals surface area contributed by atoms with E-state index in [-0.39, 0.29) is 0 Å². The van der Waals surface area contributed by atoms with Gasteiger partial charge in [-0.2, -0.15) is 10.5 Å². The van der Waals surface area contributed by atoms with Crippen LogP contribution in [0.2, 0.25) is 0 Å². The van der Waals surface area contributed by atoms with Crippen LogP contribution in [0, 0.1) is 22.7 Å². The molecule has 0 amide bonds. The van der Waals surface area contributed by atoms with Gasteiger partial charge < -0.3 is 4.40 Å². The zero-order valence-corrected chi connectivity index (χ0v) is 32.6. The fraction of sp³-hybridized carbons (Fsp3) is 0.0345. The van der Waals surface area contributed by atoms with Crippen molar-refractivity contribution in [1.29, 1.82) is 10.5 Å². The van der Waals surface area contributed by atoms with E-state index in [1.54, 1.807) is 0 Å². The van der Waals surface area contributed by atoms with Crippen molar-refractivity contribution in [2.75, 3.05) is 0 Å². The molecule has 0 saturated carbocycles. The Hall–Kier alpha value is -8.24. The predicted octanol–water partition coefficient (Wildman–Crippen LogP) is 13.3. The van der Waals surface area contributed by atoms with Crippen molar-refractivity contribution in [3.63, 3.8) is 0 Å². The number of hydrogen-bond acceptors (Lipinski definition) is 2. The van der Waals surface area contributed by atoms with E-state index in [0.29, 0.717) is 11.1 Å². The molecule has 15 rings (SSSR count). The number of nitrogens with zero attached hydrogens (tertiary/aromatic N) is 3. The van der Waals surface area contributed by atoms with Crippen molar-refractivity contribution in [2.24, 2.45) is 0 Å². The Labute approximate surface area is 350 Å². The summed E-state index contributed by atoms with van der Waals surface area (Å²) in [5, 5.41) is 27.4. The molecule has 0 unspecified atom stereocenters. The molecule has 0 radical (unpaired) electrons. The fourth-order valence-corrected chi connectivity index (χ4v) is 13.2. The first-order chi connectivity index (χ1) is 30.2. The number of aromatic nitrogens is 1. The second kappa shape index (κ2) is 10.5. The Balaban J connectivity index is 1.14. The molecule has 3 nitrogen and oxygen atoms in total. The molecular formula is C58H29N3. The van der Waals surface area contributed by atoms with Gasteiger partial charge in [-0.15, -0.1) is 0 Å². The Morgan fingerprint density at radius 1 is 0.361 bits per heavy atom. The molecule has 0 aliphatic heterocycles. The Morgan fingerprint density at radius 2 is 0.672 bits per heavy atom. The average molecular weight is 768 g/mol. The van der Waals surface area contributed by atoms with Gasteiger partial charge in [0, 0.05) is 21.5 Å². The molecule has 11 aromatic rings. The molecule has 0 saturated heterocycles. The highest BCUT2D eigenvalue weighted by Crippen LogP contribution is 2.67. The summed E-state index contributed by atoms with van der Waals surface area (Å²) in [7, 11) is 0. The summed E-state index contributed by atoms with van der Waals surface area (Å²) in [6.07, 6.45) is 0. The number of benzene rings is 9. The summed E-state index contributed by atoms with van der Waals surface area (Å²) in [5.41, 5.74) is 22.0. The van der Waals surface area contributed by atoms with Crippen molar-refractivity contribution in [3.8, 4) is 56.6 Å². The SMILES string of the molecule is N#Cc1cc2c(c3c1C1(c4ccccc4-c4ccccc41)c1ccccc1-3)c1cccc3c4c5c(c(C#N)cc4n2c13)C1(c2ccccc2-c2ccccc21)c1ccccc1-5. The van der Waals surface area contributed by atoms with E-state index in [4.69, 9.17) is 0 Å². The third kappa shape index (κ3) is 3.21. The van der Waals surface area contributed by atoms with Gasteiger partial charge in [-0.1, -0.05) is 164 Å². The molecule has 3 heteroatoms. The van der Waals surface area contributed by atoms with Gasteiger partial charge >= 0.3 is 0 Å². The minimum Gasteiger partial charge on any atom is -0.308 e.